The normalized spacial score (nSPS) is 11.5. The zero-order valence-corrected chi connectivity index (χ0v) is 13.8. The van der Waals surface area contributed by atoms with Gasteiger partial charge in [-0.05, 0) is 37.3 Å². The van der Waals surface area contributed by atoms with Crippen molar-refractivity contribution in [2.24, 2.45) is 0 Å². The molecule has 24 heavy (non-hydrogen) atoms. The van der Waals surface area contributed by atoms with Crippen molar-refractivity contribution in [1.29, 1.82) is 0 Å². The van der Waals surface area contributed by atoms with E-state index in [9.17, 15) is 14.0 Å². The van der Waals surface area contributed by atoms with Crippen LogP contribution in [-0.2, 0) is 9.53 Å². The summed E-state index contributed by atoms with van der Waals surface area (Å²) in [5, 5.41) is 2.52. The fourth-order valence-electron chi connectivity index (χ4n) is 1.92. The summed E-state index contributed by atoms with van der Waals surface area (Å²) in [5.41, 5.74) is 0.433. The van der Waals surface area contributed by atoms with Crippen molar-refractivity contribution in [3.05, 3.63) is 58.9 Å². The predicted octanol–water partition coefficient (Wildman–Crippen LogP) is 3.67. The molecule has 2 aromatic rings. The van der Waals surface area contributed by atoms with Gasteiger partial charge in [-0.25, -0.2) is 9.18 Å². The second-order valence-electron chi connectivity index (χ2n) is 4.86. The van der Waals surface area contributed by atoms with Crippen molar-refractivity contribution in [3.8, 4) is 5.75 Å². The fraction of sp³-hybridized carbons (Fsp3) is 0.176. The van der Waals surface area contributed by atoms with Crippen LogP contribution in [0.1, 0.15) is 17.3 Å². The smallest absolute Gasteiger partial charge is 0.342 e. The molecule has 5 nitrogen and oxygen atoms in total. The van der Waals surface area contributed by atoms with E-state index < -0.39 is 23.8 Å². The molecule has 0 fully saturated rings. The van der Waals surface area contributed by atoms with E-state index in [-0.39, 0.29) is 16.3 Å². The minimum absolute atomic E-state index is 0.0478. The quantitative estimate of drug-likeness (QED) is 0.835. The third kappa shape index (κ3) is 4.23. The number of hydrogen-bond acceptors (Lipinski definition) is 4. The van der Waals surface area contributed by atoms with Gasteiger partial charge in [0.05, 0.1) is 17.8 Å². The molecule has 0 radical (unpaired) electrons. The van der Waals surface area contributed by atoms with Crippen molar-refractivity contribution in [2.75, 3.05) is 12.4 Å². The number of para-hydroxylation sites is 1. The molecule has 126 valence electrons. The molecule has 0 aliphatic rings. The van der Waals surface area contributed by atoms with Crippen molar-refractivity contribution >= 4 is 29.2 Å². The van der Waals surface area contributed by atoms with Gasteiger partial charge in [0.15, 0.2) is 6.10 Å². The molecule has 1 atom stereocenters. The highest BCUT2D eigenvalue weighted by molar-refractivity contribution is 6.33. The van der Waals surface area contributed by atoms with E-state index in [0.717, 1.165) is 12.1 Å². The van der Waals surface area contributed by atoms with Crippen LogP contribution in [0, 0.1) is 5.82 Å². The Labute approximate surface area is 143 Å². The molecule has 1 N–H and O–H groups in total. The minimum Gasteiger partial charge on any atom is -0.496 e. The van der Waals surface area contributed by atoms with Crippen LogP contribution in [-0.4, -0.2) is 25.1 Å². The number of rotatable bonds is 5. The van der Waals surface area contributed by atoms with Gasteiger partial charge in [0.25, 0.3) is 5.91 Å². The summed E-state index contributed by atoms with van der Waals surface area (Å²) in [7, 11) is 1.43. The van der Waals surface area contributed by atoms with Gasteiger partial charge in [0.1, 0.15) is 17.1 Å². The van der Waals surface area contributed by atoms with Gasteiger partial charge in [-0.2, -0.15) is 0 Å². The van der Waals surface area contributed by atoms with Crippen LogP contribution in [0.2, 0.25) is 5.02 Å². The van der Waals surface area contributed by atoms with Crippen LogP contribution in [0.25, 0.3) is 0 Å². The summed E-state index contributed by atoms with van der Waals surface area (Å²) in [6, 6.07) is 10.1. The average molecular weight is 352 g/mol. The minimum atomic E-state index is -1.08. The van der Waals surface area contributed by atoms with Gasteiger partial charge in [-0.1, -0.05) is 23.7 Å². The SMILES string of the molecule is COc1ccccc1C(=O)O[C@@H](C)C(=O)Nc1ccc(F)cc1Cl. The van der Waals surface area contributed by atoms with Gasteiger partial charge in [0.2, 0.25) is 0 Å². The molecule has 0 bridgehead atoms. The van der Waals surface area contributed by atoms with E-state index in [1.54, 1.807) is 18.2 Å². The summed E-state index contributed by atoms with van der Waals surface area (Å²) >= 11 is 5.84. The molecule has 7 heteroatoms. The number of hydrogen-bond donors (Lipinski definition) is 1. The van der Waals surface area contributed by atoms with Gasteiger partial charge in [-0.15, -0.1) is 0 Å². The van der Waals surface area contributed by atoms with Crippen LogP contribution in [0.4, 0.5) is 10.1 Å². The first-order valence-corrected chi connectivity index (χ1v) is 7.40. The number of benzene rings is 2. The predicted molar refractivity (Wildman–Crippen MR) is 87.9 cm³/mol. The lowest BCUT2D eigenvalue weighted by atomic mass is 10.2. The molecule has 0 saturated heterocycles. The van der Waals surface area contributed by atoms with E-state index in [0.29, 0.717) is 5.75 Å². The fourth-order valence-corrected chi connectivity index (χ4v) is 2.13. The van der Waals surface area contributed by atoms with Crippen LogP contribution < -0.4 is 10.1 Å². The topological polar surface area (TPSA) is 64.6 Å². The van der Waals surface area contributed by atoms with Crippen molar-refractivity contribution in [1.82, 2.24) is 0 Å². The zero-order valence-electron chi connectivity index (χ0n) is 13.0. The highest BCUT2D eigenvalue weighted by Gasteiger charge is 2.21. The highest BCUT2D eigenvalue weighted by Crippen LogP contribution is 2.23. The maximum Gasteiger partial charge on any atom is 0.342 e. The molecule has 1 amide bonds. The number of anilines is 1. The van der Waals surface area contributed by atoms with E-state index in [1.807, 2.05) is 0 Å². The Bertz CT molecular complexity index is 766. The Kier molecular flexibility index (Phi) is 5.76. The number of carbonyl (C=O) groups excluding carboxylic acids is 2. The molecule has 0 saturated carbocycles. The first kappa shape index (κ1) is 17.7. The molecule has 0 unspecified atom stereocenters. The monoisotopic (exact) mass is 351 g/mol. The molecule has 0 spiro atoms. The van der Waals surface area contributed by atoms with Crippen LogP contribution >= 0.6 is 11.6 Å². The van der Waals surface area contributed by atoms with E-state index in [4.69, 9.17) is 21.1 Å². The highest BCUT2D eigenvalue weighted by atomic mass is 35.5. The van der Waals surface area contributed by atoms with Crippen LogP contribution in [0.15, 0.2) is 42.5 Å². The lowest BCUT2D eigenvalue weighted by molar-refractivity contribution is -0.123. The van der Waals surface area contributed by atoms with Gasteiger partial charge in [0, 0.05) is 0 Å². The first-order valence-electron chi connectivity index (χ1n) is 7.02. The number of methoxy groups -OCH3 is 1. The molecule has 0 aliphatic heterocycles. The van der Waals surface area contributed by atoms with Crippen LogP contribution in [0.5, 0.6) is 5.75 Å². The van der Waals surface area contributed by atoms with Crippen molar-refractivity contribution in [3.63, 3.8) is 0 Å². The second-order valence-corrected chi connectivity index (χ2v) is 5.27. The van der Waals surface area contributed by atoms with Crippen LogP contribution in [0.3, 0.4) is 0 Å². The van der Waals surface area contributed by atoms with E-state index >= 15 is 0 Å². The van der Waals surface area contributed by atoms with Gasteiger partial charge >= 0.3 is 5.97 Å². The lowest BCUT2D eigenvalue weighted by Crippen LogP contribution is -2.30. The Hall–Kier alpha value is -2.60. The summed E-state index contributed by atoms with van der Waals surface area (Å²) in [5.74, 6) is -1.46. The molecule has 0 aliphatic carbocycles. The summed E-state index contributed by atoms with van der Waals surface area (Å²) in [6.45, 7) is 1.42. The molecular weight excluding hydrogens is 337 g/mol. The van der Waals surface area contributed by atoms with Gasteiger partial charge in [-0.3, -0.25) is 4.79 Å². The zero-order chi connectivity index (χ0) is 17.7. The molecule has 2 rings (SSSR count). The Morgan fingerprint density at radius 1 is 1.21 bits per heavy atom. The third-order valence-corrected chi connectivity index (χ3v) is 3.48. The Morgan fingerprint density at radius 3 is 2.58 bits per heavy atom. The molecule has 0 aromatic heterocycles. The maximum absolute atomic E-state index is 13.0. The summed E-state index contributed by atoms with van der Waals surface area (Å²) in [6.07, 6.45) is -1.08. The summed E-state index contributed by atoms with van der Waals surface area (Å²) < 4.78 is 23.2. The number of amides is 1. The molecule has 0 heterocycles. The van der Waals surface area contributed by atoms with Gasteiger partial charge < -0.3 is 14.8 Å². The van der Waals surface area contributed by atoms with Crippen molar-refractivity contribution in [2.45, 2.75) is 13.0 Å². The Balaban J connectivity index is 2.04. The Morgan fingerprint density at radius 2 is 1.92 bits per heavy atom. The van der Waals surface area contributed by atoms with E-state index in [1.165, 1.54) is 26.2 Å². The van der Waals surface area contributed by atoms with E-state index in [2.05, 4.69) is 5.32 Å². The average Bonchev–Trinajstić information content (AvgIpc) is 2.57. The standard InChI is InChI=1S/C17H15ClFNO4/c1-10(16(21)20-14-8-7-11(19)9-13(14)18)24-17(22)12-5-3-4-6-15(12)23-2/h3-10H,1-2H3,(H,20,21)/t10-/m0/s1. The third-order valence-electron chi connectivity index (χ3n) is 3.17. The lowest BCUT2D eigenvalue weighted by Gasteiger charge is -2.15. The molecular formula is C17H15ClFNO4. The number of halogens is 2. The number of carbonyl (C=O) groups is 2. The number of esters is 1. The first-order chi connectivity index (χ1) is 11.4. The second kappa shape index (κ2) is 7.79. The number of ether oxygens (including phenoxy) is 2. The maximum atomic E-state index is 13.0. The summed E-state index contributed by atoms with van der Waals surface area (Å²) in [4.78, 5) is 24.2. The number of nitrogens with one attached hydrogen (secondary N) is 1. The largest absolute Gasteiger partial charge is 0.496 e. The molecule has 2 aromatic carbocycles. The van der Waals surface area contributed by atoms with Crippen molar-refractivity contribution < 1.29 is 23.5 Å².